The Morgan fingerprint density at radius 1 is 1.24 bits per heavy atom. The number of hydrogen-bond donors (Lipinski definition) is 1. The Morgan fingerprint density at radius 2 is 2.00 bits per heavy atom. The van der Waals surface area contributed by atoms with Crippen LogP contribution in [0, 0.1) is 5.82 Å². The number of carbonyl (C=O) groups is 1. The van der Waals surface area contributed by atoms with E-state index in [4.69, 9.17) is 0 Å². The van der Waals surface area contributed by atoms with Gasteiger partial charge in [-0.15, -0.1) is 0 Å². The second-order valence-corrected chi connectivity index (χ2v) is 8.49. The molecule has 1 aliphatic carbocycles. The minimum Gasteiger partial charge on any atom is -0.378 e. The third-order valence-electron chi connectivity index (χ3n) is 5.86. The van der Waals surface area contributed by atoms with E-state index in [1.54, 1.807) is 29.2 Å². The molecule has 2 aromatic carbocycles. The fourth-order valence-electron chi connectivity index (χ4n) is 3.86. The zero-order valence-electron chi connectivity index (χ0n) is 18.8. The fraction of sp³-hybridized carbons (Fsp3) is 0.200. The molecule has 4 aromatic rings. The van der Waals surface area contributed by atoms with Crippen LogP contribution in [0.5, 0.6) is 0 Å². The minimum atomic E-state index is -0.637. The van der Waals surface area contributed by atoms with E-state index >= 15 is 0 Å². The number of carbonyl (C=O) groups excluding carboxylic acids is 1. The van der Waals surface area contributed by atoms with Gasteiger partial charge in [-0.2, -0.15) is 5.10 Å². The molecule has 0 atom stereocenters. The molecular formula is C25H23FN6O2. The van der Waals surface area contributed by atoms with Crippen LogP contribution in [0.2, 0.25) is 0 Å². The third kappa shape index (κ3) is 4.07. The summed E-state index contributed by atoms with van der Waals surface area (Å²) in [6, 6.07) is 10.6. The Hall–Kier alpha value is -4.27. The highest BCUT2D eigenvalue weighted by atomic mass is 19.1. The molecule has 8 nitrogen and oxygen atoms in total. The third-order valence-corrected chi connectivity index (χ3v) is 5.86. The van der Waals surface area contributed by atoms with E-state index in [0.717, 1.165) is 24.1 Å². The van der Waals surface area contributed by atoms with E-state index in [0.29, 0.717) is 11.2 Å². The van der Waals surface area contributed by atoms with Gasteiger partial charge in [-0.25, -0.2) is 14.8 Å². The summed E-state index contributed by atoms with van der Waals surface area (Å²) in [4.78, 5) is 31.9. The second kappa shape index (κ2) is 8.58. The van der Waals surface area contributed by atoms with Gasteiger partial charge >= 0.3 is 0 Å². The average molecular weight is 458 g/mol. The van der Waals surface area contributed by atoms with Crippen LogP contribution in [-0.4, -0.2) is 40.3 Å². The molecule has 2 heterocycles. The molecule has 1 amide bonds. The van der Waals surface area contributed by atoms with Gasteiger partial charge in [0.2, 0.25) is 5.43 Å². The zero-order valence-corrected chi connectivity index (χ0v) is 18.8. The largest absolute Gasteiger partial charge is 0.378 e. The van der Waals surface area contributed by atoms with Crippen molar-refractivity contribution >= 4 is 28.7 Å². The van der Waals surface area contributed by atoms with Crippen molar-refractivity contribution in [2.75, 3.05) is 19.0 Å². The van der Waals surface area contributed by atoms with Crippen molar-refractivity contribution in [2.45, 2.75) is 18.9 Å². The predicted molar refractivity (Wildman–Crippen MR) is 129 cm³/mol. The summed E-state index contributed by atoms with van der Waals surface area (Å²) in [5.41, 5.74) is 4.53. The maximum Gasteiger partial charge on any atom is 0.276 e. The Labute approximate surface area is 195 Å². The Morgan fingerprint density at radius 3 is 2.65 bits per heavy atom. The maximum atomic E-state index is 14.9. The number of pyridine rings is 1. The molecule has 0 unspecified atom stereocenters. The number of hydrazone groups is 1. The summed E-state index contributed by atoms with van der Waals surface area (Å²) in [5.74, 6) is -1.21. The van der Waals surface area contributed by atoms with Gasteiger partial charge in [0.1, 0.15) is 11.4 Å². The molecule has 0 spiro atoms. The number of amides is 1. The molecular weight excluding hydrogens is 435 g/mol. The zero-order chi connectivity index (χ0) is 23.8. The monoisotopic (exact) mass is 458 g/mol. The number of nitrogens with one attached hydrogen (secondary N) is 1. The number of imidazole rings is 1. The first-order valence-electron chi connectivity index (χ1n) is 10.9. The Balaban J connectivity index is 1.47. The topological polar surface area (TPSA) is 84.5 Å². The number of halogens is 1. The Kier molecular flexibility index (Phi) is 5.45. The molecule has 9 heteroatoms. The molecule has 0 aliphatic heterocycles. The van der Waals surface area contributed by atoms with E-state index in [-0.39, 0.29) is 17.0 Å². The van der Waals surface area contributed by atoms with Crippen LogP contribution in [0.1, 0.15) is 34.8 Å². The first-order valence-corrected chi connectivity index (χ1v) is 10.9. The number of anilines is 1. The molecule has 1 fully saturated rings. The summed E-state index contributed by atoms with van der Waals surface area (Å²) in [5, 5.41) is 4.16. The van der Waals surface area contributed by atoms with Crippen LogP contribution in [0.4, 0.5) is 10.1 Å². The van der Waals surface area contributed by atoms with Crippen molar-refractivity contribution < 1.29 is 9.18 Å². The van der Waals surface area contributed by atoms with Crippen LogP contribution in [0.25, 0.3) is 16.6 Å². The molecule has 1 N–H and O–H groups in total. The van der Waals surface area contributed by atoms with Gasteiger partial charge in [-0.1, -0.05) is 12.1 Å². The van der Waals surface area contributed by atoms with Crippen LogP contribution >= 0.6 is 0 Å². The lowest BCUT2D eigenvalue weighted by Gasteiger charge is -2.14. The van der Waals surface area contributed by atoms with E-state index < -0.39 is 17.2 Å². The van der Waals surface area contributed by atoms with E-state index in [1.807, 2.05) is 47.8 Å². The van der Waals surface area contributed by atoms with Crippen LogP contribution < -0.4 is 15.8 Å². The first-order chi connectivity index (χ1) is 16.4. The maximum absolute atomic E-state index is 14.9. The van der Waals surface area contributed by atoms with Gasteiger partial charge in [-0.05, 0) is 42.7 Å². The van der Waals surface area contributed by atoms with Crippen LogP contribution in [0.3, 0.4) is 0 Å². The molecule has 0 radical (unpaired) electrons. The number of hydrogen-bond acceptors (Lipinski definition) is 5. The highest BCUT2D eigenvalue weighted by molar-refractivity contribution is 5.98. The second-order valence-electron chi connectivity index (χ2n) is 8.49. The van der Waals surface area contributed by atoms with Crippen molar-refractivity contribution in [3.8, 4) is 5.69 Å². The lowest BCUT2D eigenvalue weighted by atomic mass is 10.1. The summed E-state index contributed by atoms with van der Waals surface area (Å²) in [6.07, 6.45) is 9.61. The van der Waals surface area contributed by atoms with Gasteiger partial charge in [0.05, 0.1) is 23.7 Å². The number of fused-ring (bicyclic) bond motifs is 1. The van der Waals surface area contributed by atoms with Gasteiger partial charge in [-0.3, -0.25) is 9.59 Å². The fourth-order valence-corrected chi connectivity index (χ4v) is 3.86. The standard InChI is InChI=1S/C25H23FN6O2/c1-30(2)17-5-3-16(4-6-17)13-28-29-25(34)20-14-32(18-7-8-18)22-12-23(31-10-9-27-15-31)21(26)11-19(22)24(20)33/h3-6,9-15,18H,7-8H2,1-2H3,(H,29,34)/b28-13-. The van der Waals surface area contributed by atoms with Gasteiger partial charge in [0.15, 0.2) is 0 Å². The highest BCUT2D eigenvalue weighted by Gasteiger charge is 2.27. The van der Waals surface area contributed by atoms with Crippen molar-refractivity contribution in [3.63, 3.8) is 0 Å². The van der Waals surface area contributed by atoms with Crippen molar-refractivity contribution in [3.05, 3.63) is 88.5 Å². The molecule has 0 saturated heterocycles. The van der Waals surface area contributed by atoms with Gasteiger partial charge in [0, 0.05) is 49.8 Å². The van der Waals surface area contributed by atoms with E-state index in [2.05, 4.69) is 15.5 Å². The molecule has 5 rings (SSSR count). The van der Waals surface area contributed by atoms with Gasteiger partial charge < -0.3 is 14.0 Å². The van der Waals surface area contributed by atoms with Gasteiger partial charge in [0.25, 0.3) is 5.91 Å². The van der Waals surface area contributed by atoms with Crippen LogP contribution in [-0.2, 0) is 0 Å². The van der Waals surface area contributed by atoms with E-state index in [9.17, 15) is 14.0 Å². The summed E-state index contributed by atoms with van der Waals surface area (Å²) in [6.45, 7) is 0. The number of nitrogens with zero attached hydrogens (tertiary/aromatic N) is 5. The lowest BCUT2D eigenvalue weighted by Crippen LogP contribution is -2.27. The molecule has 2 aromatic heterocycles. The predicted octanol–water partition coefficient (Wildman–Crippen LogP) is 3.49. The molecule has 0 bridgehead atoms. The molecule has 1 aliphatic rings. The highest BCUT2D eigenvalue weighted by Crippen LogP contribution is 2.37. The van der Waals surface area contributed by atoms with Crippen molar-refractivity contribution in [1.29, 1.82) is 0 Å². The average Bonchev–Trinajstić information content (AvgIpc) is 3.52. The SMILES string of the molecule is CN(C)c1ccc(/C=N\NC(=O)c2cn(C3CC3)c3cc(-n4ccnc4)c(F)cc3c2=O)cc1. The number of rotatable bonds is 6. The molecule has 1 saturated carbocycles. The lowest BCUT2D eigenvalue weighted by molar-refractivity contribution is 0.0953. The number of aromatic nitrogens is 3. The summed E-state index contributed by atoms with van der Waals surface area (Å²) >= 11 is 0. The van der Waals surface area contributed by atoms with Crippen molar-refractivity contribution in [1.82, 2.24) is 19.5 Å². The molecule has 172 valence electrons. The smallest absolute Gasteiger partial charge is 0.276 e. The van der Waals surface area contributed by atoms with Crippen molar-refractivity contribution in [2.24, 2.45) is 5.10 Å². The Bertz CT molecular complexity index is 1450. The normalized spacial score (nSPS) is 13.5. The van der Waals surface area contributed by atoms with Crippen LogP contribution in [0.15, 0.2) is 71.2 Å². The molecule has 34 heavy (non-hydrogen) atoms. The minimum absolute atomic E-state index is 0.0747. The quantitative estimate of drug-likeness (QED) is 0.354. The van der Waals surface area contributed by atoms with E-state index in [1.165, 1.54) is 18.6 Å². The summed E-state index contributed by atoms with van der Waals surface area (Å²) in [7, 11) is 3.90. The first kappa shape index (κ1) is 21.6. The summed E-state index contributed by atoms with van der Waals surface area (Å²) < 4.78 is 18.3. The number of benzene rings is 2.